The fourth-order valence-electron chi connectivity index (χ4n) is 0.758. The maximum Gasteiger partial charge on any atom is 0.184 e. The van der Waals surface area contributed by atoms with E-state index in [1.54, 1.807) is 0 Å². The Hall–Kier alpha value is -0.303. The molecule has 0 aliphatic heterocycles. The van der Waals surface area contributed by atoms with Gasteiger partial charge in [0, 0.05) is 0 Å². The monoisotopic (exact) mass is 156 g/mol. The molecule has 0 heterocycles. The van der Waals surface area contributed by atoms with E-state index in [1.165, 1.54) is 0 Å². The molecular weight excluding hydrogens is 140 g/mol. The first-order valence-electron chi connectivity index (χ1n) is 3.49. The highest BCUT2D eigenvalue weighted by Crippen LogP contribution is 2.06. The molecule has 0 saturated heterocycles. The average Bonchev–Trinajstić information content (AvgIpc) is 1.59. The predicted octanol–water partition coefficient (Wildman–Crippen LogP) is 2.57. The molecule has 2 heteroatoms. The van der Waals surface area contributed by atoms with E-state index in [0.717, 1.165) is 0 Å². The topological polar surface area (TPSA) is 9.23 Å². The Morgan fingerprint density at radius 3 is 2.30 bits per heavy atom. The van der Waals surface area contributed by atoms with Gasteiger partial charge in [-0.05, 0) is 32.6 Å². The normalized spacial score (nSPS) is 14.0. The van der Waals surface area contributed by atoms with Crippen LogP contribution in [0.2, 0.25) is 19.6 Å². The van der Waals surface area contributed by atoms with Gasteiger partial charge >= 0.3 is 0 Å². The molecule has 0 radical (unpaired) electrons. The molecule has 0 aromatic carbocycles. The molecule has 0 bridgehead atoms. The summed E-state index contributed by atoms with van der Waals surface area (Å²) in [7, 11) is -1.36. The van der Waals surface area contributed by atoms with Gasteiger partial charge in [0.1, 0.15) is 0 Å². The van der Waals surface area contributed by atoms with Crippen molar-refractivity contribution >= 4 is 8.32 Å². The Bertz CT molecular complexity index is 140. The SMILES string of the molecule is C=C=CC(C)O[Si](C)(C)C. The van der Waals surface area contributed by atoms with Crippen LogP contribution in [0, 0.1) is 0 Å². The number of hydrogen-bond donors (Lipinski definition) is 0. The summed E-state index contributed by atoms with van der Waals surface area (Å²) >= 11 is 0. The van der Waals surface area contributed by atoms with Crippen LogP contribution in [0.25, 0.3) is 0 Å². The summed E-state index contributed by atoms with van der Waals surface area (Å²) in [6.07, 6.45) is 2.02. The molecule has 0 aliphatic carbocycles. The largest absolute Gasteiger partial charge is 0.411 e. The van der Waals surface area contributed by atoms with Crippen LogP contribution in [0.5, 0.6) is 0 Å². The van der Waals surface area contributed by atoms with Crippen LogP contribution < -0.4 is 0 Å². The lowest BCUT2D eigenvalue weighted by Crippen LogP contribution is -2.29. The molecule has 0 aromatic heterocycles. The second-order valence-corrected chi connectivity index (χ2v) is 7.77. The second-order valence-electron chi connectivity index (χ2n) is 3.31. The van der Waals surface area contributed by atoms with E-state index in [-0.39, 0.29) is 6.10 Å². The maximum atomic E-state index is 5.66. The molecule has 0 saturated carbocycles. The van der Waals surface area contributed by atoms with Crippen molar-refractivity contribution in [1.29, 1.82) is 0 Å². The summed E-state index contributed by atoms with van der Waals surface area (Å²) in [5.41, 5.74) is 2.71. The van der Waals surface area contributed by atoms with Gasteiger partial charge in [0.2, 0.25) is 0 Å². The van der Waals surface area contributed by atoms with Gasteiger partial charge in [-0.3, -0.25) is 0 Å². The van der Waals surface area contributed by atoms with Gasteiger partial charge < -0.3 is 4.43 Å². The average molecular weight is 156 g/mol. The fourth-order valence-corrected chi connectivity index (χ4v) is 1.94. The van der Waals surface area contributed by atoms with E-state index >= 15 is 0 Å². The van der Waals surface area contributed by atoms with E-state index in [0.29, 0.717) is 0 Å². The van der Waals surface area contributed by atoms with Crippen molar-refractivity contribution in [3.8, 4) is 0 Å². The van der Waals surface area contributed by atoms with Gasteiger partial charge in [0.05, 0.1) is 6.10 Å². The highest BCUT2D eigenvalue weighted by atomic mass is 28.4. The van der Waals surface area contributed by atoms with Crippen LogP contribution in [-0.4, -0.2) is 14.4 Å². The molecule has 0 aromatic rings. The van der Waals surface area contributed by atoms with Crippen LogP contribution in [0.4, 0.5) is 0 Å². The molecule has 0 rings (SSSR count). The van der Waals surface area contributed by atoms with Crippen molar-refractivity contribution < 1.29 is 4.43 Å². The molecular formula is C8H16OSi. The zero-order valence-electron chi connectivity index (χ0n) is 7.27. The zero-order chi connectivity index (χ0) is 8.20. The minimum Gasteiger partial charge on any atom is -0.411 e. The Morgan fingerprint density at radius 1 is 1.50 bits per heavy atom. The summed E-state index contributed by atoms with van der Waals surface area (Å²) in [4.78, 5) is 0. The molecule has 1 atom stereocenters. The standard InChI is InChI=1S/C8H16OSi/c1-6-7-8(2)9-10(3,4)5/h7-8H,1H2,2-5H3. The smallest absolute Gasteiger partial charge is 0.184 e. The highest BCUT2D eigenvalue weighted by molar-refractivity contribution is 6.69. The van der Waals surface area contributed by atoms with E-state index < -0.39 is 8.32 Å². The second kappa shape index (κ2) is 3.77. The van der Waals surface area contributed by atoms with Gasteiger partial charge in [0.25, 0.3) is 0 Å². The van der Waals surface area contributed by atoms with Crippen molar-refractivity contribution in [2.75, 3.05) is 0 Å². The molecule has 1 nitrogen and oxygen atoms in total. The van der Waals surface area contributed by atoms with Gasteiger partial charge in [0.15, 0.2) is 8.32 Å². The van der Waals surface area contributed by atoms with Gasteiger partial charge in [-0.15, -0.1) is 5.73 Å². The summed E-state index contributed by atoms with van der Waals surface area (Å²) in [6, 6.07) is 0. The van der Waals surface area contributed by atoms with Crippen molar-refractivity contribution in [3.05, 3.63) is 18.4 Å². The lowest BCUT2D eigenvalue weighted by Gasteiger charge is -2.20. The summed E-state index contributed by atoms with van der Waals surface area (Å²) in [5.74, 6) is 0. The highest BCUT2D eigenvalue weighted by Gasteiger charge is 2.16. The third kappa shape index (κ3) is 5.83. The summed E-state index contributed by atoms with van der Waals surface area (Å²) in [5, 5.41) is 0. The van der Waals surface area contributed by atoms with Crippen molar-refractivity contribution in [3.63, 3.8) is 0 Å². The zero-order valence-corrected chi connectivity index (χ0v) is 8.27. The van der Waals surface area contributed by atoms with Crippen LogP contribution in [0.3, 0.4) is 0 Å². The molecule has 0 N–H and O–H groups in total. The van der Waals surface area contributed by atoms with Crippen LogP contribution in [-0.2, 0) is 4.43 Å². The summed E-state index contributed by atoms with van der Waals surface area (Å²) in [6.45, 7) is 12.0. The molecule has 0 amide bonds. The van der Waals surface area contributed by atoms with Crippen molar-refractivity contribution in [2.45, 2.75) is 32.7 Å². The number of hydrogen-bond acceptors (Lipinski definition) is 1. The van der Waals surface area contributed by atoms with Crippen LogP contribution in [0.1, 0.15) is 6.92 Å². The predicted molar refractivity (Wildman–Crippen MR) is 47.6 cm³/mol. The Morgan fingerprint density at radius 2 is 2.00 bits per heavy atom. The number of rotatable bonds is 3. The Labute approximate surface area is 64.5 Å². The molecule has 58 valence electrons. The first kappa shape index (κ1) is 9.70. The molecule has 0 fully saturated rings. The van der Waals surface area contributed by atoms with Crippen molar-refractivity contribution in [1.82, 2.24) is 0 Å². The third-order valence-electron chi connectivity index (χ3n) is 0.892. The summed E-state index contributed by atoms with van der Waals surface area (Å²) < 4.78 is 5.66. The first-order chi connectivity index (χ1) is 4.45. The lowest BCUT2D eigenvalue weighted by molar-refractivity contribution is 0.263. The lowest BCUT2D eigenvalue weighted by atomic mass is 10.4. The van der Waals surface area contributed by atoms with Gasteiger partial charge in [-0.1, -0.05) is 6.58 Å². The maximum absolute atomic E-state index is 5.66. The van der Waals surface area contributed by atoms with Crippen LogP contribution in [0.15, 0.2) is 18.4 Å². The first-order valence-corrected chi connectivity index (χ1v) is 6.90. The fraction of sp³-hybridized carbons (Fsp3) is 0.625. The molecule has 0 spiro atoms. The minimum absolute atomic E-state index is 0.171. The van der Waals surface area contributed by atoms with E-state index in [4.69, 9.17) is 4.43 Å². The van der Waals surface area contributed by atoms with Gasteiger partial charge in [-0.2, -0.15) is 0 Å². The van der Waals surface area contributed by atoms with E-state index in [1.807, 2.05) is 13.0 Å². The minimum atomic E-state index is -1.36. The molecule has 1 unspecified atom stereocenters. The van der Waals surface area contributed by atoms with E-state index in [2.05, 4.69) is 32.0 Å². The molecule has 0 aliphatic rings. The quantitative estimate of drug-likeness (QED) is 0.451. The Kier molecular flexibility index (Phi) is 3.65. The van der Waals surface area contributed by atoms with E-state index in [9.17, 15) is 0 Å². The van der Waals surface area contributed by atoms with Crippen molar-refractivity contribution in [2.24, 2.45) is 0 Å². The Balaban J connectivity index is 3.79. The molecule has 10 heavy (non-hydrogen) atoms. The van der Waals surface area contributed by atoms with Crippen LogP contribution >= 0.6 is 0 Å². The van der Waals surface area contributed by atoms with Gasteiger partial charge in [-0.25, -0.2) is 0 Å². The third-order valence-corrected chi connectivity index (χ3v) is 1.97.